The number of carboxylic acid groups (broad SMARTS) is 1. The molecule has 0 aliphatic rings. The Hall–Kier alpha value is -1.90. The third-order valence-corrected chi connectivity index (χ3v) is 2.97. The van der Waals surface area contributed by atoms with E-state index in [2.05, 4.69) is 4.98 Å². The minimum absolute atomic E-state index is 0.425. The highest BCUT2D eigenvalue weighted by Gasteiger charge is 2.20. The maximum absolute atomic E-state index is 11.3. The number of hydrogen-bond acceptors (Lipinski definition) is 2. The fourth-order valence-electron chi connectivity index (χ4n) is 2.15. The molecule has 3 heteroatoms. The van der Waals surface area contributed by atoms with Gasteiger partial charge in [0.1, 0.15) is 0 Å². The summed E-state index contributed by atoms with van der Waals surface area (Å²) in [6.07, 6.45) is 5.00. The van der Waals surface area contributed by atoms with E-state index in [1.165, 1.54) is 0 Å². The van der Waals surface area contributed by atoms with Crippen molar-refractivity contribution in [2.75, 3.05) is 0 Å². The molecule has 1 atom stereocenters. The molecule has 1 unspecified atom stereocenters. The van der Waals surface area contributed by atoms with Gasteiger partial charge in [0.2, 0.25) is 0 Å². The van der Waals surface area contributed by atoms with E-state index in [9.17, 15) is 9.90 Å². The molecule has 0 bridgehead atoms. The summed E-state index contributed by atoms with van der Waals surface area (Å²) in [6, 6.07) is 7.63. The Labute approximate surface area is 100 Å². The van der Waals surface area contributed by atoms with E-state index in [0.29, 0.717) is 6.42 Å². The maximum Gasteiger partial charge on any atom is 0.310 e. The third-order valence-electron chi connectivity index (χ3n) is 2.97. The molecule has 0 fully saturated rings. The normalized spacial score (nSPS) is 12.5. The van der Waals surface area contributed by atoms with Gasteiger partial charge in [-0.3, -0.25) is 9.78 Å². The molecule has 1 N–H and O–H groups in total. The number of aliphatic carboxylic acids is 1. The van der Waals surface area contributed by atoms with Crippen LogP contribution >= 0.6 is 0 Å². The van der Waals surface area contributed by atoms with Crippen LogP contribution in [0.15, 0.2) is 36.7 Å². The number of carbonyl (C=O) groups is 1. The Morgan fingerprint density at radius 3 is 2.94 bits per heavy atom. The van der Waals surface area contributed by atoms with Crippen LogP contribution in [0.1, 0.15) is 31.2 Å². The summed E-state index contributed by atoms with van der Waals surface area (Å²) < 4.78 is 0. The highest BCUT2D eigenvalue weighted by Crippen LogP contribution is 2.28. The smallest absolute Gasteiger partial charge is 0.310 e. The highest BCUT2D eigenvalue weighted by molar-refractivity contribution is 5.90. The van der Waals surface area contributed by atoms with Gasteiger partial charge < -0.3 is 5.11 Å². The average Bonchev–Trinajstić information content (AvgIpc) is 2.35. The lowest BCUT2D eigenvalue weighted by Gasteiger charge is -2.14. The molecule has 17 heavy (non-hydrogen) atoms. The second kappa shape index (κ2) is 4.95. The second-order valence-electron chi connectivity index (χ2n) is 4.12. The predicted octanol–water partition coefficient (Wildman–Crippen LogP) is 3.20. The molecule has 0 amide bonds. The van der Waals surface area contributed by atoms with Crippen LogP contribution in [0.25, 0.3) is 10.8 Å². The van der Waals surface area contributed by atoms with E-state index in [4.69, 9.17) is 0 Å². The molecule has 0 saturated heterocycles. The Morgan fingerprint density at radius 2 is 2.24 bits per heavy atom. The first kappa shape index (κ1) is 11.6. The molecule has 2 aromatic rings. The molecular formula is C14H15NO2. The van der Waals surface area contributed by atoms with Crippen LogP contribution in [0.3, 0.4) is 0 Å². The Balaban J connectivity index is 2.56. The van der Waals surface area contributed by atoms with Crippen molar-refractivity contribution in [1.29, 1.82) is 0 Å². The van der Waals surface area contributed by atoms with Gasteiger partial charge in [0, 0.05) is 17.8 Å². The van der Waals surface area contributed by atoms with Gasteiger partial charge in [0.05, 0.1) is 5.92 Å². The van der Waals surface area contributed by atoms with E-state index in [0.717, 1.165) is 22.8 Å². The van der Waals surface area contributed by atoms with E-state index >= 15 is 0 Å². The zero-order valence-corrected chi connectivity index (χ0v) is 9.76. The van der Waals surface area contributed by atoms with Gasteiger partial charge in [-0.1, -0.05) is 31.5 Å². The molecule has 88 valence electrons. The lowest BCUT2D eigenvalue weighted by molar-refractivity contribution is -0.138. The zero-order valence-electron chi connectivity index (χ0n) is 9.76. The number of hydrogen-bond donors (Lipinski definition) is 1. The largest absolute Gasteiger partial charge is 0.481 e. The summed E-state index contributed by atoms with van der Waals surface area (Å²) in [5.74, 6) is -1.18. The lowest BCUT2D eigenvalue weighted by Crippen LogP contribution is -2.11. The third kappa shape index (κ3) is 2.28. The minimum atomic E-state index is -0.754. The van der Waals surface area contributed by atoms with Crippen molar-refractivity contribution >= 4 is 16.7 Å². The average molecular weight is 229 g/mol. The van der Waals surface area contributed by atoms with E-state index < -0.39 is 11.9 Å². The van der Waals surface area contributed by atoms with Gasteiger partial charge in [-0.2, -0.15) is 0 Å². The van der Waals surface area contributed by atoms with Crippen molar-refractivity contribution < 1.29 is 9.90 Å². The van der Waals surface area contributed by atoms with Gasteiger partial charge in [0.15, 0.2) is 0 Å². The zero-order chi connectivity index (χ0) is 12.3. The summed E-state index contributed by atoms with van der Waals surface area (Å²) in [5.41, 5.74) is 0.888. The van der Waals surface area contributed by atoms with Crippen LogP contribution < -0.4 is 0 Å². The first-order chi connectivity index (χ1) is 8.24. The molecular weight excluding hydrogens is 214 g/mol. The summed E-state index contributed by atoms with van der Waals surface area (Å²) in [7, 11) is 0. The monoisotopic (exact) mass is 229 g/mol. The Bertz CT molecular complexity index is 531. The standard InChI is InChI=1S/C14H15NO2/c1-2-4-13(14(16)17)12-6-3-5-10-9-15-8-7-11(10)12/h3,5-9,13H,2,4H2,1H3,(H,16,17). The molecule has 1 heterocycles. The Kier molecular flexibility index (Phi) is 3.38. The SMILES string of the molecule is CCCC(C(=O)O)c1cccc2cnccc12. The van der Waals surface area contributed by atoms with Gasteiger partial charge in [-0.05, 0) is 23.4 Å². The summed E-state index contributed by atoms with van der Waals surface area (Å²) >= 11 is 0. The highest BCUT2D eigenvalue weighted by atomic mass is 16.4. The predicted molar refractivity (Wildman–Crippen MR) is 67.0 cm³/mol. The van der Waals surface area contributed by atoms with Crippen molar-refractivity contribution in [3.63, 3.8) is 0 Å². The van der Waals surface area contributed by atoms with Crippen LogP contribution in [-0.4, -0.2) is 16.1 Å². The molecule has 1 aromatic heterocycles. The fourth-order valence-corrected chi connectivity index (χ4v) is 2.15. The number of aromatic nitrogens is 1. The van der Waals surface area contributed by atoms with Crippen molar-refractivity contribution in [2.24, 2.45) is 0 Å². The first-order valence-corrected chi connectivity index (χ1v) is 5.79. The van der Waals surface area contributed by atoms with Crippen molar-refractivity contribution in [2.45, 2.75) is 25.7 Å². The molecule has 0 aliphatic carbocycles. The van der Waals surface area contributed by atoms with Crippen LogP contribution in [0.5, 0.6) is 0 Å². The van der Waals surface area contributed by atoms with Crippen LogP contribution in [0.4, 0.5) is 0 Å². The second-order valence-corrected chi connectivity index (χ2v) is 4.12. The number of fused-ring (bicyclic) bond motifs is 1. The van der Waals surface area contributed by atoms with Crippen LogP contribution in [0, 0.1) is 0 Å². The first-order valence-electron chi connectivity index (χ1n) is 5.79. The minimum Gasteiger partial charge on any atom is -0.481 e. The van der Waals surface area contributed by atoms with Gasteiger partial charge in [-0.15, -0.1) is 0 Å². The van der Waals surface area contributed by atoms with Crippen molar-refractivity contribution in [3.8, 4) is 0 Å². The molecule has 1 aromatic carbocycles. The quantitative estimate of drug-likeness (QED) is 0.875. The van der Waals surface area contributed by atoms with Crippen molar-refractivity contribution in [1.82, 2.24) is 4.98 Å². The van der Waals surface area contributed by atoms with Crippen molar-refractivity contribution in [3.05, 3.63) is 42.2 Å². The van der Waals surface area contributed by atoms with E-state index in [1.54, 1.807) is 12.4 Å². The molecule has 2 rings (SSSR count). The molecule has 0 aliphatic heterocycles. The van der Waals surface area contributed by atoms with Crippen LogP contribution in [-0.2, 0) is 4.79 Å². The molecule has 0 spiro atoms. The fraction of sp³-hybridized carbons (Fsp3) is 0.286. The van der Waals surface area contributed by atoms with E-state index in [1.807, 2.05) is 31.2 Å². The van der Waals surface area contributed by atoms with Gasteiger partial charge in [-0.25, -0.2) is 0 Å². The molecule has 0 saturated carbocycles. The van der Waals surface area contributed by atoms with E-state index in [-0.39, 0.29) is 0 Å². The number of benzene rings is 1. The Morgan fingerprint density at radius 1 is 1.41 bits per heavy atom. The topological polar surface area (TPSA) is 50.2 Å². The lowest BCUT2D eigenvalue weighted by atomic mass is 9.91. The summed E-state index contributed by atoms with van der Waals surface area (Å²) in [6.45, 7) is 2.00. The number of pyridine rings is 1. The number of nitrogens with zero attached hydrogens (tertiary/aromatic N) is 1. The van der Waals surface area contributed by atoms with Gasteiger partial charge in [0.25, 0.3) is 0 Å². The molecule has 0 radical (unpaired) electrons. The maximum atomic E-state index is 11.3. The number of rotatable bonds is 4. The molecule has 3 nitrogen and oxygen atoms in total. The summed E-state index contributed by atoms with van der Waals surface area (Å²) in [5, 5.41) is 11.3. The summed E-state index contributed by atoms with van der Waals surface area (Å²) in [4.78, 5) is 15.4. The van der Waals surface area contributed by atoms with Crippen LogP contribution in [0.2, 0.25) is 0 Å². The number of carboxylic acids is 1. The van der Waals surface area contributed by atoms with Gasteiger partial charge >= 0.3 is 5.97 Å².